The van der Waals surface area contributed by atoms with E-state index in [0.29, 0.717) is 48.0 Å². The lowest BCUT2D eigenvalue weighted by Gasteiger charge is -2.33. The Hall–Kier alpha value is -5.08. The smallest absolute Gasteiger partial charge is 0.317 e. The number of pyridine rings is 1. The Kier molecular flexibility index (Phi) is 6.44. The molecule has 4 heterocycles. The van der Waals surface area contributed by atoms with Crippen LogP contribution in [-0.2, 0) is 9.53 Å². The van der Waals surface area contributed by atoms with Gasteiger partial charge in [0, 0.05) is 30.4 Å². The lowest BCUT2D eigenvalue weighted by Crippen LogP contribution is -2.41. The average molecular weight is 521 g/mol. The number of rotatable bonds is 5. The maximum absolute atomic E-state index is 13.2. The molecule has 2 aliphatic heterocycles. The van der Waals surface area contributed by atoms with Crippen LogP contribution >= 0.6 is 0 Å². The molecule has 2 aromatic heterocycles. The highest BCUT2D eigenvalue weighted by atomic mass is 16.5. The first-order valence-electron chi connectivity index (χ1n) is 12.5. The van der Waals surface area contributed by atoms with Gasteiger partial charge < -0.3 is 24.7 Å². The Morgan fingerprint density at radius 3 is 2.77 bits per heavy atom. The maximum Gasteiger partial charge on any atom is 0.317 e. The van der Waals surface area contributed by atoms with Crippen LogP contribution in [0.3, 0.4) is 0 Å². The van der Waals surface area contributed by atoms with E-state index in [1.54, 1.807) is 6.07 Å². The highest BCUT2D eigenvalue weighted by molar-refractivity contribution is 6.19. The van der Waals surface area contributed by atoms with Gasteiger partial charge >= 0.3 is 6.01 Å². The molecule has 6 rings (SSSR count). The quantitative estimate of drug-likeness (QED) is 0.405. The van der Waals surface area contributed by atoms with Crippen LogP contribution in [0, 0.1) is 11.3 Å². The normalized spacial score (nSPS) is 18.8. The molecule has 2 N–H and O–H groups in total. The van der Waals surface area contributed by atoms with Crippen molar-refractivity contribution < 1.29 is 13.9 Å². The van der Waals surface area contributed by atoms with Crippen LogP contribution in [0.4, 0.5) is 17.4 Å². The molecule has 2 aliphatic rings. The van der Waals surface area contributed by atoms with Gasteiger partial charge in [-0.1, -0.05) is 53.6 Å². The van der Waals surface area contributed by atoms with Crippen molar-refractivity contribution >= 4 is 29.0 Å². The molecule has 11 nitrogen and oxygen atoms in total. The number of amides is 1. The first-order valence-corrected chi connectivity index (χ1v) is 12.5. The van der Waals surface area contributed by atoms with Gasteiger partial charge in [-0.25, -0.2) is 9.98 Å². The molecule has 11 heteroatoms. The van der Waals surface area contributed by atoms with Crippen molar-refractivity contribution in [3.63, 3.8) is 0 Å². The summed E-state index contributed by atoms with van der Waals surface area (Å²) in [7, 11) is 0. The van der Waals surface area contributed by atoms with E-state index in [1.807, 2.05) is 61.5 Å². The summed E-state index contributed by atoms with van der Waals surface area (Å²) < 4.78 is 11.6. The Morgan fingerprint density at radius 1 is 1.13 bits per heavy atom. The number of aromatic nitrogens is 3. The van der Waals surface area contributed by atoms with Crippen molar-refractivity contribution in [1.29, 1.82) is 5.26 Å². The van der Waals surface area contributed by atoms with Crippen molar-refractivity contribution in [3.8, 4) is 17.7 Å². The summed E-state index contributed by atoms with van der Waals surface area (Å²) in [6.45, 7) is 3.80. The zero-order valence-electron chi connectivity index (χ0n) is 21.0. The summed E-state index contributed by atoms with van der Waals surface area (Å²) >= 11 is 0. The van der Waals surface area contributed by atoms with E-state index in [9.17, 15) is 10.1 Å². The van der Waals surface area contributed by atoms with Crippen LogP contribution in [0.5, 0.6) is 0 Å². The Labute approximate surface area is 224 Å². The van der Waals surface area contributed by atoms with Crippen LogP contribution in [-0.4, -0.2) is 58.8 Å². The SMILES string of the molecule is C[C@H]1CN(c2cc(C#N)cnc2-c2nnc(N[C@H]3N=C(c4ccccc4)c4ccccc4NC3=O)o2)CCO1. The van der Waals surface area contributed by atoms with E-state index >= 15 is 0 Å². The number of nitrogens with one attached hydrogen (secondary N) is 2. The van der Waals surface area contributed by atoms with Gasteiger partial charge in [-0.15, -0.1) is 5.10 Å². The van der Waals surface area contributed by atoms with Gasteiger partial charge in [0.25, 0.3) is 11.8 Å². The number of para-hydroxylation sites is 1. The number of anilines is 3. The van der Waals surface area contributed by atoms with Gasteiger partial charge in [-0.2, -0.15) is 5.26 Å². The molecule has 0 saturated carbocycles. The molecule has 2 atom stereocenters. The summed E-state index contributed by atoms with van der Waals surface area (Å²) in [5.41, 5.74) is 4.54. The van der Waals surface area contributed by atoms with E-state index in [2.05, 4.69) is 36.8 Å². The number of fused-ring (bicyclic) bond motifs is 1. The molecule has 0 unspecified atom stereocenters. The topological polar surface area (TPSA) is 142 Å². The summed E-state index contributed by atoms with van der Waals surface area (Å²) in [4.78, 5) is 24.5. The minimum atomic E-state index is -1.03. The number of carbonyl (C=O) groups is 1. The second-order valence-corrected chi connectivity index (χ2v) is 9.17. The monoisotopic (exact) mass is 520 g/mol. The van der Waals surface area contributed by atoms with Crippen molar-refractivity contribution in [2.45, 2.75) is 19.2 Å². The molecule has 0 spiro atoms. The molecular weight excluding hydrogens is 496 g/mol. The summed E-state index contributed by atoms with van der Waals surface area (Å²) in [5.74, 6) is -0.215. The fourth-order valence-corrected chi connectivity index (χ4v) is 4.63. The van der Waals surface area contributed by atoms with E-state index in [-0.39, 0.29) is 23.9 Å². The fourth-order valence-electron chi connectivity index (χ4n) is 4.63. The third-order valence-corrected chi connectivity index (χ3v) is 6.46. The second-order valence-electron chi connectivity index (χ2n) is 9.17. The Balaban J connectivity index is 1.33. The van der Waals surface area contributed by atoms with E-state index < -0.39 is 6.17 Å². The number of benzene rings is 2. The number of nitrogens with zero attached hydrogens (tertiary/aromatic N) is 6. The lowest BCUT2D eigenvalue weighted by atomic mass is 10.0. The number of carbonyl (C=O) groups excluding carboxylic acids is 1. The van der Waals surface area contributed by atoms with E-state index in [0.717, 1.165) is 11.1 Å². The maximum atomic E-state index is 13.2. The van der Waals surface area contributed by atoms with Crippen LogP contribution in [0.25, 0.3) is 11.6 Å². The fraction of sp³-hybridized carbons (Fsp3) is 0.214. The molecule has 1 saturated heterocycles. The number of morpholine rings is 1. The molecule has 1 fully saturated rings. The van der Waals surface area contributed by atoms with E-state index in [4.69, 9.17) is 14.1 Å². The summed E-state index contributed by atoms with van der Waals surface area (Å²) in [5, 5.41) is 23.6. The Morgan fingerprint density at radius 2 is 1.95 bits per heavy atom. The van der Waals surface area contributed by atoms with Crippen molar-refractivity contribution in [2.75, 3.05) is 35.2 Å². The van der Waals surface area contributed by atoms with Crippen molar-refractivity contribution in [1.82, 2.24) is 15.2 Å². The molecule has 0 bridgehead atoms. The van der Waals surface area contributed by atoms with Crippen molar-refractivity contribution in [2.24, 2.45) is 4.99 Å². The number of nitriles is 1. The van der Waals surface area contributed by atoms with Crippen LogP contribution in [0.1, 0.15) is 23.6 Å². The number of aliphatic imine (C=N–C) groups is 1. The third kappa shape index (κ3) is 4.93. The van der Waals surface area contributed by atoms with Gasteiger partial charge in [0.1, 0.15) is 6.07 Å². The molecule has 39 heavy (non-hydrogen) atoms. The highest BCUT2D eigenvalue weighted by Gasteiger charge is 2.28. The molecule has 194 valence electrons. The lowest BCUT2D eigenvalue weighted by molar-refractivity contribution is -0.116. The van der Waals surface area contributed by atoms with Crippen LogP contribution < -0.4 is 15.5 Å². The molecule has 0 radical (unpaired) electrons. The zero-order valence-corrected chi connectivity index (χ0v) is 21.0. The highest BCUT2D eigenvalue weighted by Crippen LogP contribution is 2.31. The van der Waals surface area contributed by atoms with Crippen LogP contribution in [0.15, 0.2) is 76.3 Å². The predicted molar refractivity (Wildman–Crippen MR) is 144 cm³/mol. The summed E-state index contributed by atoms with van der Waals surface area (Å²) in [6.07, 6.45) is 0.452. The van der Waals surface area contributed by atoms with Gasteiger partial charge in [-0.3, -0.25) is 4.79 Å². The first-order chi connectivity index (χ1) is 19.1. The number of benzodiazepines with no additional fused rings is 1. The zero-order chi connectivity index (χ0) is 26.8. The third-order valence-electron chi connectivity index (χ3n) is 6.46. The van der Waals surface area contributed by atoms with E-state index in [1.165, 1.54) is 6.20 Å². The average Bonchev–Trinajstić information content (AvgIpc) is 3.38. The largest absolute Gasteiger partial charge is 0.402 e. The Bertz CT molecular complexity index is 1590. The number of hydrogen-bond donors (Lipinski definition) is 2. The van der Waals surface area contributed by atoms with Gasteiger partial charge in [-0.05, 0) is 19.1 Å². The molecule has 2 aromatic carbocycles. The minimum Gasteiger partial charge on any atom is -0.402 e. The van der Waals surface area contributed by atoms with Crippen LogP contribution in [0.2, 0.25) is 0 Å². The molecule has 1 amide bonds. The predicted octanol–water partition coefficient (Wildman–Crippen LogP) is 3.46. The minimum absolute atomic E-state index is 0.0136. The number of ether oxygens (including phenoxy) is 1. The molecular formula is C28H24N8O3. The van der Waals surface area contributed by atoms with Gasteiger partial charge in [0.15, 0.2) is 5.69 Å². The van der Waals surface area contributed by atoms with Gasteiger partial charge in [0.2, 0.25) is 6.17 Å². The standard InChI is InChI=1S/C28H24N8O3/c1-17-16-36(11-12-38-17)22-13-18(14-29)15-30-24(22)27-34-35-28(39-27)33-25-26(37)31-21-10-6-5-9-20(21)23(32-25)19-7-3-2-4-8-19/h2-10,13,15,17,25H,11-12,16H2,1H3,(H,31,37)(H,33,35)/t17-,25+/m0/s1. The summed E-state index contributed by atoms with van der Waals surface area (Å²) in [6, 6.07) is 21.1. The molecule has 4 aromatic rings. The van der Waals surface area contributed by atoms with Gasteiger partial charge in [0.05, 0.1) is 35.4 Å². The first kappa shape index (κ1) is 24.3. The molecule has 0 aliphatic carbocycles. The number of hydrogen-bond acceptors (Lipinski definition) is 10. The van der Waals surface area contributed by atoms with Crippen molar-refractivity contribution in [3.05, 3.63) is 83.6 Å². The second kappa shape index (κ2) is 10.4.